The average Bonchev–Trinajstić information content (AvgIpc) is 2.69. The summed E-state index contributed by atoms with van der Waals surface area (Å²) in [5.41, 5.74) is 0.237. The number of aliphatic hydroxyl groups is 1. The molecule has 3 rings (SSSR count). The monoisotopic (exact) mass is 440 g/mol. The summed E-state index contributed by atoms with van der Waals surface area (Å²) >= 11 is 0. The molecule has 0 saturated heterocycles. The highest BCUT2D eigenvalue weighted by molar-refractivity contribution is 5.68. The fraction of sp³-hybridized carbons (Fsp3) is 0.200. The third-order valence-electron chi connectivity index (χ3n) is 3.93. The number of ether oxygens (including phenoxy) is 1. The van der Waals surface area contributed by atoms with E-state index in [1.165, 1.54) is 18.2 Å². The molecule has 0 fully saturated rings. The SMILES string of the molecule is C[C@H](CO)Nc1nc(Nc2cc(F)ccc2F)cc(-c2cccc(OC(F)(F)F)c2)n1. The van der Waals surface area contributed by atoms with Crippen molar-refractivity contribution in [3.05, 3.63) is 60.2 Å². The van der Waals surface area contributed by atoms with Gasteiger partial charge in [-0.25, -0.2) is 13.8 Å². The fourth-order valence-electron chi connectivity index (χ4n) is 2.57. The molecule has 0 aliphatic heterocycles. The third-order valence-corrected chi connectivity index (χ3v) is 3.93. The molecule has 0 bridgehead atoms. The summed E-state index contributed by atoms with van der Waals surface area (Å²) in [6.07, 6.45) is -4.87. The molecular formula is C20H17F5N4O2. The molecule has 0 unspecified atom stereocenters. The summed E-state index contributed by atoms with van der Waals surface area (Å²) in [7, 11) is 0. The first-order valence-corrected chi connectivity index (χ1v) is 8.97. The van der Waals surface area contributed by atoms with Crippen molar-refractivity contribution in [2.45, 2.75) is 19.3 Å². The van der Waals surface area contributed by atoms with Gasteiger partial charge in [-0.3, -0.25) is 0 Å². The van der Waals surface area contributed by atoms with Crippen LogP contribution in [0.2, 0.25) is 0 Å². The summed E-state index contributed by atoms with van der Waals surface area (Å²) in [4.78, 5) is 8.38. The molecule has 0 saturated carbocycles. The standard InChI is InChI=1S/C20H17F5N4O2/c1-11(10-30)26-19-28-16(12-3-2-4-14(7-12)31-20(23,24)25)9-18(29-19)27-17-8-13(21)5-6-15(17)22/h2-9,11,30H,10H2,1H3,(H2,26,27,28,29)/t11-/m1/s1. The normalized spacial score (nSPS) is 12.4. The van der Waals surface area contributed by atoms with Crippen molar-refractivity contribution >= 4 is 17.5 Å². The Labute approximate surface area is 173 Å². The second-order valence-corrected chi connectivity index (χ2v) is 6.51. The second-order valence-electron chi connectivity index (χ2n) is 6.51. The van der Waals surface area contributed by atoms with Crippen LogP contribution in [-0.2, 0) is 0 Å². The van der Waals surface area contributed by atoms with Gasteiger partial charge in [0.05, 0.1) is 18.0 Å². The Balaban J connectivity index is 2.01. The van der Waals surface area contributed by atoms with Gasteiger partial charge in [-0.05, 0) is 31.2 Å². The highest BCUT2D eigenvalue weighted by atomic mass is 19.4. The van der Waals surface area contributed by atoms with E-state index in [9.17, 15) is 27.1 Å². The first-order valence-electron chi connectivity index (χ1n) is 8.97. The van der Waals surface area contributed by atoms with E-state index >= 15 is 0 Å². The van der Waals surface area contributed by atoms with Crippen LogP contribution in [0.1, 0.15) is 6.92 Å². The highest BCUT2D eigenvalue weighted by Crippen LogP contribution is 2.30. The van der Waals surface area contributed by atoms with Gasteiger partial charge in [0.1, 0.15) is 23.2 Å². The number of nitrogens with zero attached hydrogens (tertiary/aromatic N) is 2. The Morgan fingerprint density at radius 1 is 1.06 bits per heavy atom. The van der Waals surface area contributed by atoms with Crippen LogP contribution in [0.15, 0.2) is 48.5 Å². The Kier molecular flexibility index (Phi) is 6.54. The molecule has 1 atom stereocenters. The van der Waals surface area contributed by atoms with Gasteiger partial charge in [0.15, 0.2) is 0 Å². The van der Waals surface area contributed by atoms with Gasteiger partial charge < -0.3 is 20.5 Å². The zero-order valence-electron chi connectivity index (χ0n) is 16.0. The van der Waals surface area contributed by atoms with Gasteiger partial charge in [0.2, 0.25) is 5.95 Å². The van der Waals surface area contributed by atoms with Crippen LogP contribution in [0.4, 0.5) is 39.4 Å². The number of halogens is 5. The molecule has 2 aromatic carbocycles. The molecule has 3 N–H and O–H groups in total. The number of hydrogen-bond acceptors (Lipinski definition) is 6. The van der Waals surface area contributed by atoms with Crippen molar-refractivity contribution < 1.29 is 31.8 Å². The van der Waals surface area contributed by atoms with Crippen LogP contribution >= 0.6 is 0 Å². The zero-order valence-corrected chi connectivity index (χ0v) is 16.0. The zero-order chi connectivity index (χ0) is 22.6. The number of hydrogen-bond donors (Lipinski definition) is 3. The number of nitrogens with one attached hydrogen (secondary N) is 2. The second kappa shape index (κ2) is 9.13. The quantitative estimate of drug-likeness (QED) is 0.456. The van der Waals surface area contributed by atoms with Crippen LogP contribution < -0.4 is 15.4 Å². The van der Waals surface area contributed by atoms with Crippen molar-refractivity contribution in [2.75, 3.05) is 17.2 Å². The predicted octanol–water partition coefficient (Wildman–Crippen LogP) is 4.86. The minimum Gasteiger partial charge on any atom is -0.406 e. The number of benzene rings is 2. The number of aromatic nitrogens is 2. The lowest BCUT2D eigenvalue weighted by atomic mass is 10.1. The van der Waals surface area contributed by atoms with Crippen LogP contribution in [0.3, 0.4) is 0 Å². The molecule has 11 heteroatoms. The molecule has 0 aliphatic rings. The van der Waals surface area contributed by atoms with Gasteiger partial charge in [-0.2, -0.15) is 4.98 Å². The van der Waals surface area contributed by atoms with E-state index in [2.05, 4.69) is 25.3 Å². The smallest absolute Gasteiger partial charge is 0.406 e. The van der Waals surface area contributed by atoms with Crippen LogP contribution in [0.5, 0.6) is 5.75 Å². The minimum absolute atomic E-state index is 0.0144. The molecule has 0 amide bonds. The molecule has 164 valence electrons. The van der Waals surface area contributed by atoms with E-state index < -0.39 is 29.8 Å². The van der Waals surface area contributed by atoms with E-state index in [4.69, 9.17) is 0 Å². The molecule has 0 aliphatic carbocycles. The lowest BCUT2D eigenvalue weighted by Gasteiger charge is -2.15. The first-order chi connectivity index (χ1) is 14.6. The maximum absolute atomic E-state index is 14.0. The Morgan fingerprint density at radius 2 is 1.84 bits per heavy atom. The first kappa shape index (κ1) is 22.2. The molecule has 0 spiro atoms. The number of anilines is 3. The van der Waals surface area contributed by atoms with E-state index in [1.807, 2.05) is 0 Å². The van der Waals surface area contributed by atoms with Gasteiger partial charge in [-0.1, -0.05) is 12.1 Å². The molecular weight excluding hydrogens is 423 g/mol. The summed E-state index contributed by atoms with van der Waals surface area (Å²) in [5, 5.41) is 14.7. The third kappa shape index (κ3) is 6.25. The van der Waals surface area contributed by atoms with Gasteiger partial charge in [-0.15, -0.1) is 13.2 Å². The van der Waals surface area contributed by atoms with Gasteiger partial charge in [0, 0.05) is 23.7 Å². The average molecular weight is 440 g/mol. The van der Waals surface area contributed by atoms with Crippen LogP contribution in [-0.4, -0.2) is 34.1 Å². The minimum atomic E-state index is -4.87. The topological polar surface area (TPSA) is 79.3 Å². The maximum Gasteiger partial charge on any atom is 0.573 e. The maximum atomic E-state index is 14.0. The van der Waals surface area contributed by atoms with Crippen molar-refractivity contribution in [3.63, 3.8) is 0 Å². The summed E-state index contributed by atoms with van der Waals surface area (Å²) in [6.45, 7) is 1.40. The van der Waals surface area contributed by atoms with E-state index in [0.717, 1.165) is 30.3 Å². The lowest BCUT2D eigenvalue weighted by molar-refractivity contribution is -0.274. The van der Waals surface area contributed by atoms with Crippen molar-refractivity contribution in [1.29, 1.82) is 0 Å². The molecule has 1 heterocycles. The van der Waals surface area contributed by atoms with Crippen LogP contribution in [0.25, 0.3) is 11.3 Å². The van der Waals surface area contributed by atoms with E-state index in [0.29, 0.717) is 0 Å². The summed E-state index contributed by atoms with van der Waals surface area (Å²) < 4.78 is 69.1. The summed E-state index contributed by atoms with van der Waals surface area (Å²) in [6, 6.07) is 8.82. The lowest BCUT2D eigenvalue weighted by Crippen LogP contribution is -2.21. The molecule has 1 aromatic heterocycles. The summed E-state index contributed by atoms with van der Waals surface area (Å²) in [5.74, 6) is -1.81. The Bertz CT molecular complexity index is 1060. The molecule has 0 radical (unpaired) electrons. The molecule has 31 heavy (non-hydrogen) atoms. The highest BCUT2D eigenvalue weighted by Gasteiger charge is 2.31. The number of alkyl halides is 3. The van der Waals surface area contributed by atoms with Gasteiger partial charge in [0.25, 0.3) is 0 Å². The molecule has 6 nitrogen and oxygen atoms in total. The molecule has 3 aromatic rings. The van der Waals surface area contributed by atoms with E-state index in [1.54, 1.807) is 6.92 Å². The Hall–Kier alpha value is -3.47. The predicted molar refractivity (Wildman–Crippen MR) is 104 cm³/mol. The largest absolute Gasteiger partial charge is 0.573 e. The van der Waals surface area contributed by atoms with Crippen molar-refractivity contribution in [1.82, 2.24) is 9.97 Å². The Morgan fingerprint density at radius 3 is 2.55 bits per heavy atom. The van der Waals surface area contributed by atoms with Crippen molar-refractivity contribution in [2.24, 2.45) is 0 Å². The number of aliphatic hydroxyl groups excluding tert-OH is 1. The van der Waals surface area contributed by atoms with Crippen LogP contribution in [0, 0.1) is 11.6 Å². The van der Waals surface area contributed by atoms with Crippen molar-refractivity contribution in [3.8, 4) is 17.0 Å². The number of rotatable bonds is 7. The fourth-order valence-corrected chi connectivity index (χ4v) is 2.57. The van der Waals surface area contributed by atoms with E-state index in [-0.39, 0.29) is 35.3 Å². The van der Waals surface area contributed by atoms with Gasteiger partial charge >= 0.3 is 6.36 Å².